The number of hydrogen-bond acceptors (Lipinski definition) is 2. The second kappa shape index (κ2) is 4.76. The van der Waals surface area contributed by atoms with E-state index in [0.717, 1.165) is 23.7 Å². The second-order valence-electron chi connectivity index (χ2n) is 7.92. The minimum atomic E-state index is -0.691. The SMILES string of the molecule is CN(C(=O)CC1C2CC3CC(C2)CC1C3)C(C)(C)C#N. The van der Waals surface area contributed by atoms with Gasteiger partial charge in [-0.05, 0) is 75.5 Å². The zero-order valence-corrected chi connectivity index (χ0v) is 12.9. The maximum Gasteiger partial charge on any atom is 0.223 e. The van der Waals surface area contributed by atoms with Crippen molar-refractivity contribution >= 4 is 5.91 Å². The lowest BCUT2D eigenvalue weighted by Crippen LogP contribution is -2.49. The Morgan fingerprint density at radius 1 is 1.15 bits per heavy atom. The lowest BCUT2D eigenvalue weighted by molar-refractivity contribution is -0.138. The summed E-state index contributed by atoms with van der Waals surface area (Å²) in [6, 6.07) is 2.23. The van der Waals surface area contributed by atoms with Crippen molar-refractivity contribution in [2.45, 2.75) is 57.9 Å². The fraction of sp³-hybridized carbons (Fsp3) is 0.882. The molecule has 1 amide bonds. The molecule has 0 radical (unpaired) electrons. The van der Waals surface area contributed by atoms with E-state index < -0.39 is 5.54 Å². The molecule has 0 spiro atoms. The first-order chi connectivity index (χ1) is 9.40. The van der Waals surface area contributed by atoms with E-state index in [1.54, 1.807) is 11.9 Å². The van der Waals surface area contributed by atoms with E-state index in [2.05, 4.69) is 6.07 Å². The summed E-state index contributed by atoms with van der Waals surface area (Å²) in [5, 5.41) is 9.18. The number of carbonyl (C=O) groups is 1. The third-order valence-electron chi connectivity index (χ3n) is 6.32. The van der Waals surface area contributed by atoms with Gasteiger partial charge in [0.2, 0.25) is 5.91 Å². The molecule has 4 aliphatic carbocycles. The van der Waals surface area contributed by atoms with Crippen molar-refractivity contribution in [2.75, 3.05) is 7.05 Å². The molecule has 0 aliphatic heterocycles. The van der Waals surface area contributed by atoms with Crippen LogP contribution in [0.2, 0.25) is 0 Å². The maximum atomic E-state index is 12.5. The Bertz CT molecular complexity index is 420. The summed E-state index contributed by atoms with van der Waals surface area (Å²) < 4.78 is 0. The molecule has 0 saturated heterocycles. The number of nitriles is 1. The van der Waals surface area contributed by atoms with Crippen LogP contribution in [0.3, 0.4) is 0 Å². The van der Waals surface area contributed by atoms with E-state index in [0.29, 0.717) is 12.3 Å². The highest BCUT2D eigenvalue weighted by molar-refractivity contribution is 5.77. The monoisotopic (exact) mass is 274 g/mol. The Morgan fingerprint density at radius 2 is 1.65 bits per heavy atom. The summed E-state index contributed by atoms with van der Waals surface area (Å²) in [6.45, 7) is 3.64. The smallest absolute Gasteiger partial charge is 0.223 e. The molecular weight excluding hydrogens is 248 g/mol. The normalized spacial score (nSPS) is 38.6. The summed E-state index contributed by atoms with van der Waals surface area (Å²) in [5.41, 5.74) is -0.691. The molecule has 0 aromatic carbocycles. The molecule has 0 atom stereocenters. The highest BCUT2D eigenvalue weighted by atomic mass is 16.2. The van der Waals surface area contributed by atoms with Gasteiger partial charge in [-0.25, -0.2) is 0 Å². The van der Waals surface area contributed by atoms with Crippen LogP contribution in [0.25, 0.3) is 0 Å². The van der Waals surface area contributed by atoms with Crippen LogP contribution in [-0.4, -0.2) is 23.4 Å². The van der Waals surface area contributed by atoms with E-state index in [-0.39, 0.29) is 5.91 Å². The first-order valence-electron chi connectivity index (χ1n) is 8.08. The summed E-state index contributed by atoms with van der Waals surface area (Å²) in [7, 11) is 1.78. The fourth-order valence-corrected chi connectivity index (χ4v) is 5.10. The second-order valence-corrected chi connectivity index (χ2v) is 7.92. The van der Waals surface area contributed by atoms with E-state index in [9.17, 15) is 10.1 Å². The molecule has 0 aromatic rings. The van der Waals surface area contributed by atoms with E-state index in [1.165, 1.54) is 32.1 Å². The Morgan fingerprint density at radius 3 is 2.10 bits per heavy atom. The molecule has 3 heteroatoms. The third kappa shape index (κ3) is 2.24. The standard InChI is InChI=1S/C17H26N2O/c1-17(2,10-18)19(3)16(20)9-15-13-5-11-4-12(7-13)8-14(15)6-11/h11-15H,4-9H2,1-3H3. The van der Waals surface area contributed by atoms with Crippen LogP contribution >= 0.6 is 0 Å². The van der Waals surface area contributed by atoms with Gasteiger partial charge in [0.25, 0.3) is 0 Å². The van der Waals surface area contributed by atoms with Gasteiger partial charge in [0.05, 0.1) is 6.07 Å². The molecule has 0 heterocycles. The minimum Gasteiger partial charge on any atom is -0.328 e. The molecule has 4 fully saturated rings. The molecule has 4 rings (SSSR count). The number of rotatable bonds is 3. The molecule has 0 aromatic heterocycles. The Labute approximate surface area is 122 Å². The predicted molar refractivity (Wildman–Crippen MR) is 77.6 cm³/mol. The summed E-state index contributed by atoms with van der Waals surface area (Å²) >= 11 is 0. The Hall–Kier alpha value is -1.04. The van der Waals surface area contributed by atoms with Gasteiger partial charge in [-0.1, -0.05) is 0 Å². The van der Waals surface area contributed by atoms with Crippen molar-refractivity contribution in [3.05, 3.63) is 0 Å². The van der Waals surface area contributed by atoms with Gasteiger partial charge >= 0.3 is 0 Å². The van der Waals surface area contributed by atoms with Crippen molar-refractivity contribution in [2.24, 2.45) is 29.6 Å². The topological polar surface area (TPSA) is 44.1 Å². The highest BCUT2D eigenvalue weighted by Gasteiger charge is 2.48. The largest absolute Gasteiger partial charge is 0.328 e. The average molecular weight is 274 g/mol. The summed E-state index contributed by atoms with van der Waals surface area (Å²) in [6.07, 6.45) is 7.55. The molecule has 0 unspecified atom stereocenters. The first-order valence-corrected chi connectivity index (χ1v) is 8.08. The number of hydrogen-bond donors (Lipinski definition) is 0. The fourth-order valence-electron chi connectivity index (χ4n) is 5.10. The Kier molecular flexibility index (Phi) is 3.31. The van der Waals surface area contributed by atoms with Crippen molar-refractivity contribution < 1.29 is 4.79 Å². The molecule has 3 nitrogen and oxygen atoms in total. The first kappa shape index (κ1) is 13.9. The number of nitrogens with zero attached hydrogens (tertiary/aromatic N) is 2. The number of amides is 1. The van der Waals surface area contributed by atoms with E-state index >= 15 is 0 Å². The van der Waals surface area contributed by atoms with Crippen LogP contribution in [0.15, 0.2) is 0 Å². The zero-order chi connectivity index (χ0) is 14.5. The van der Waals surface area contributed by atoms with Crippen molar-refractivity contribution in [1.29, 1.82) is 5.26 Å². The lowest BCUT2D eigenvalue weighted by atomic mass is 9.51. The van der Waals surface area contributed by atoms with Crippen molar-refractivity contribution in [3.63, 3.8) is 0 Å². The van der Waals surface area contributed by atoms with Gasteiger partial charge in [-0.15, -0.1) is 0 Å². The van der Waals surface area contributed by atoms with Crippen LogP contribution < -0.4 is 0 Å². The molecule has 4 bridgehead atoms. The molecule has 4 aliphatic rings. The predicted octanol–water partition coefficient (Wildman–Crippen LogP) is 3.21. The lowest BCUT2D eigenvalue weighted by Gasteiger charge is -2.54. The molecule has 4 saturated carbocycles. The van der Waals surface area contributed by atoms with Crippen molar-refractivity contribution in [1.82, 2.24) is 4.90 Å². The van der Waals surface area contributed by atoms with Gasteiger partial charge in [0.1, 0.15) is 5.54 Å². The molecular formula is C17H26N2O. The molecule has 20 heavy (non-hydrogen) atoms. The van der Waals surface area contributed by atoms with E-state index in [1.807, 2.05) is 13.8 Å². The summed E-state index contributed by atoms with van der Waals surface area (Å²) in [4.78, 5) is 14.2. The van der Waals surface area contributed by atoms with Gasteiger partial charge in [0.15, 0.2) is 0 Å². The van der Waals surface area contributed by atoms with Crippen LogP contribution in [0.5, 0.6) is 0 Å². The quantitative estimate of drug-likeness (QED) is 0.793. The van der Waals surface area contributed by atoms with Crippen LogP contribution in [-0.2, 0) is 4.79 Å². The highest BCUT2D eigenvalue weighted by Crippen LogP contribution is 2.57. The van der Waals surface area contributed by atoms with Crippen LogP contribution in [0, 0.1) is 40.9 Å². The summed E-state index contributed by atoms with van der Waals surface area (Å²) in [5.74, 6) is 4.23. The van der Waals surface area contributed by atoms with Gasteiger partial charge in [-0.2, -0.15) is 5.26 Å². The third-order valence-corrected chi connectivity index (χ3v) is 6.32. The van der Waals surface area contributed by atoms with Gasteiger partial charge < -0.3 is 4.90 Å². The molecule has 0 N–H and O–H groups in total. The zero-order valence-electron chi connectivity index (χ0n) is 12.9. The van der Waals surface area contributed by atoms with Crippen LogP contribution in [0.4, 0.5) is 0 Å². The number of carbonyl (C=O) groups excluding carboxylic acids is 1. The minimum absolute atomic E-state index is 0.161. The van der Waals surface area contributed by atoms with Gasteiger partial charge in [0, 0.05) is 13.5 Å². The molecule has 110 valence electrons. The van der Waals surface area contributed by atoms with E-state index in [4.69, 9.17) is 0 Å². The Balaban J connectivity index is 1.67. The average Bonchev–Trinajstić information content (AvgIpc) is 2.41. The maximum absolute atomic E-state index is 12.5. The van der Waals surface area contributed by atoms with Gasteiger partial charge in [-0.3, -0.25) is 4.79 Å². The van der Waals surface area contributed by atoms with Crippen molar-refractivity contribution in [3.8, 4) is 6.07 Å². The van der Waals surface area contributed by atoms with Crippen LogP contribution in [0.1, 0.15) is 52.4 Å².